The van der Waals surface area contributed by atoms with Crippen LogP contribution in [0.4, 0.5) is 11.4 Å². The summed E-state index contributed by atoms with van der Waals surface area (Å²) in [5.41, 5.74) is 3.59. The molecule has 0 aliphatic carbocycles. The van der Waals surface area contributed by atoms with Gasteiger partial charge < -0.3 is 9.80 Å². The Morgan fingerprint density at radius 2 is 1.56 bits per heavy atom. The minimum Gasteiger partial charge on any atom is -0.367 e. The van der Waals surface area contributed by atoms with E-state index in [0.29, 0.717) is 36.9 Å². The molecule has 1 N–H and O–H groups in total. The molecule has 1 amide bonds. The van der Waals surface area contributed by atoms with E-state index in [-0.39, 0.29) is 21.4 Å². The third-order valence-corrected chi connectivity index (χ3v) is 8.03. The fourth-order valence-electron chi connectivity index (χ4n) is 3.88. The van der Waals surface area contributed by atoms with Gasteiger partial charge in [0.15, 0.2) is 0 Å². The van der Waals surface area contributed by atoms with Crippen molar-refractivity contribution in [3.8, 4) is 0 Å². The molecule has 178 valence electrons. The van der Waals surface area contributed by atoms with Gasteiger partial charge >= 0.3 is 0 Å². The van der Waals surface area contributed by atoms with E-state index in [1.54, 1.807) is 17.0 Å². The molecule has 1 saturated heterocycles. The van der Waals surface area contributed by atoms with E-state index in [9.17, 15) is 13.2 Å². The van der Waals surface area contributed by atoms with Gasteiger partial charge in [0.2, 0.25) is 0 Å². The van der Waals surface area contributed by atoms with Crippen molar-refractivity contribution in [3.05, 3.63) is 87.4 Å². The van der Waals surface area contributed by atoms with Crippen LogP contribution in [0.1, 0.15) is 21.5 Å². The number of aryl methyl sites for hydroxylation is 2. The van der Waals surface area contributed by atoms with Crippen LogP contribution in [0.3, 0.4) is 0 Å². The molecule has 1 aliphatic heterocycles. The van der Waals surface area contributed by atoms with Crippen LogP contribution < -0.4 is 9.62 Å². The fourth-order valence-corrected chi connectivity index (χ4v) is 5.41. The van der Waals surface area contributed by atoms with Crippen molar-refractivity contribution >= 4 is 50.5 Å². The number of halogens is 2. The molecule has 3 aromatic rings. The van der Waals surface area contributed by atoms with E-state index in [1.807, 2.05) is 44.2 Å². The van der Waals surface area contributed by atoms with Crippen LogP contribution in [0.25, 0.3) is 0 Å². The zero-order valence-corrected chi connectivity index (χ0v) is 21.2. The van der Waals surface area contributed by atoms with Crippen molar-refractivity contribution < 1.29 is 13.2 Å². The van der Waals surface area contributed by atoms with E-state index in [2.05, 4.69) is 9.62 Å². The molecule has 1 fully saturated rings. The van der Waals surface area contributed by atoms with Gasteiger partial charge in [-0.3, -0.25) is 9.52 Å². The first-order valence-corrected chi connectivity index (χ1v) is 13.1. The Balaban J connectivity index is 1.51. The van der Waals surface area contributed by atoms with E-state index in [0.717, 1.165) is 16.8 Å². The van der Waals surface area contributed by atoms with E-state index in [1.165, 1.54) is 18.2 Å². The number of carbonyl (C=O) groups is 1. The summed E-state index contributed by atoms with van der Waals surface area (Å²) in [6, 6.07) is 17.1. The molecule has 6 nitrogen and oxygen atoms in total. The van der Waals surface area contributed by atoms with Gasteiger partial charge in [0.1, 0.15) is 0 Å². The number of para-hydroxylation sites is 1. The zero-order chi connectivity index (χ0) is 24.5. The van der Waals surface area contributed by atoms with Crippen molar-refractivity contribution in [2.45, 2.75) is 18.7 Å². The summed E-state index contributed by atoms with van der Waals surface area (Å²) in [6.07, 6.45) is 0. The first kappa shape index (κ1) is 24.4. The molecule has 1 heterocycles. The molecule has 0 aromatic heterocycles. The molecular formula is C25H25Cl2N3O3S. The summed E-state index contributed by atoms with van der Waals surface area (Å²) in [7, 11) is -3.90. The van der Waals surface area contributed by atoms with Crippen LogP contribution in [-0.4, -0.2) is 45.4 Å². The molecule has 0 unspecified atom stereocenters. The average molecular weight is 518 g/mol. The van der Waals surface area contributed by atoms with Crippen molar-refractivity contribution in [1.29, 1.82) is 0 Å². The van der Waals surface area contributed by atoms with Gasteiger partial charge in [-0.05, 0) is 67.4 Å². The number of rotatable bonds is 5. The SMILES string of the molecule is Cc1ccc(NS(=O)(=O)c2ccc(Cl)c(C(=O)N3CCN(c4ccccc4Cl)CC3)c2)cc1C. The summed E-state index contributed by atoms with van der Waals surface area (Å²) in [5.74, 6) is -0.299. The maximum absolute atomic E-state index is 13.2. The lowest BCUT2D eigenvalue weighted by molar-refractivity contribution is 0.0746. The number of benzene rings is 3. The first-order chi connectivity index (χ1) is 16.2. The van der Waals surface area contributed by atoms with Crippen LogP contribution in [0.2, 0.25) is 10.0 Å². The number of sulfonamides is 1. The van der Waals surface area contributed by atoms with E-state index < -0.39 is 10.0 Å². The molecule has 9 heteroatoms. The smallest absolute Gasteiger partial charge is 0.261 e. The van der Waals surface area contributed by atoms with Gasteiger partial charge in [-0.25, -0.2) is 8.42 Å². The molecule has 0 bridgehead atoms. The number of nitrogens with one attached hydrogen (secondary N) is 1. The lowest BCUT2D eigenvalue weighted by Crippen LogP contribution is -2.49. The second-order valence-electron chi connectivity index (χ2n) is 8.28. The molecule has 0 atom stereocenters. The van der Waals surface area contributed by atoms with Crippen LogP contribution in [0.15, 0.2) is 65.6 Å². The van der Waals surface area contributed by atoms with Crippen molar-refractivity contribution in [2.75, 3.05) is 35.8 Å². The molecule has 4 rings (SSSR count). The molecule has 3 aromatic carbocycles. The Hall–Kier alpha value is -2.74. The lowest BCUT2D eigenvalue weighted by Gasteiger charge is -2.36. The summed E-state index contributed by atoms with van der Waals surface area (Å²) in [6.45, 7) is 6.03. The molecular weight excluding hydrogens is 493 g/mol. The van der Waals surface area contributed by atoms with Crippen LogP contribution >= 0.6 is 23.2 Å². The summed E-state index contributed by atoms with van der Waals surface area (Å²) in [4.78, 5) is 17.0. The molecule has 1 aliphatic rings. The summed E-state index contributed by atoms with van der Waals surface area (Å²) < 4.78 is 28.6. The Kier molecular flexibility index (Phi) is 7.07. The van der Waals surface area contributed by atoms with Gasteiger partial charge in [0, 0.05) is 31.9 Å². The van der Waals surface area contributed by atoms with E-state index >= 15 is 0 Å². The maximum atomic E-state index is 13.2. The monoisotopic (exact) mass is 517 g/mol. The highest BCUT2D eigenvalue weighted by molar-refractivity contribution is 7.92. The van der Waals surface area contributed by atoms with Crippen LogP contribution in [-0.2, 0) is 10.0 Å². The highest BCUT2D eigenvalue weighted by Crippen LogP contribution is 2.28. The number of hydrogen-bond acceptors (Lipinski definition) is 4. The zero-order valence-electron chi connectivity index (χ0n) is 18.9. The van der Waals surface area contributed by atoms with E-state index in [4.69, 9.17) is 23.2 Å². The summed E-state index contributed by atoms with van der Waals surface area (Å²) in [5, 5.41) is 0.878. The number of amides is 1. The Morgan fingerprint density at radius 3 is 2.24 bits per heavy atom. The minimum absolute atomic E-state index is 0.0202. The Labute approximate surface area is 210 Å². The molecule has 0 saturated carbocycles. The van der Waals surface area contributed by atoms with Gasteiger partial charge in [-0.15, -0.1) is 0 Å². The van der Waals surface area contributed by atoms with Crippen molar-refractivity contribution in [2.24, 2.45) is 0 Å². The fraction of sp³-hybridized carbons (Fsp3) is 0.240. The molecule has 34 heavy (non-hydrogen) atoms. The number of hydrogen-bond donors (Lipinski definition) is 1. The van der Waals surface area contributed by atoms with Crippen LogP contribution in [0.5, 0.6) is 0 Å². The van der Waals surface area contributed by atoms with Crippen LogP contribution in [0, 0.1) is 13.8 Å². The third-order valence-electron chi connectivity index (χ3n) is 6.00. The van der Waals surface area contributed by atoms with Crippen molar-refractivity contribution in [3.63, 3.8) is 0 Å². The second kappa shape index (κ2) is 9.86. The molecule has 0 radical (unpaired) electrons. The lowest BCUT2D eigenvalue weighted by atomic mass is 10.1. The largest absolute Gasteiger partial charge is 0.367 e. The average Bonchev–Trinajstić information content (AvgIpc) is 2.81. The second-order valence-corrected chi connectivity index (χ2v) is 10.8. The van der Waals surface area contributed by atoms with Crippen molar-refractivity contribution in [1.82, 2.24) is 4.90 Å². The third kappa shape index (κ3) is 5.17. The topological polar surface area (TPSA) is 69.7 Å². The Bertz CT molecular complexity index is 1340. The minimum atomic E-state index is -3.90. The predicted octanol–water partition coefficient (Wildman–Crippen LogP) is 5.37. The number of nitrogens with zero attached hydrogens (tertiary/aromatic N) is 2. The normalized spacial score (nSPS) is 14.2. The standard InChI is InChI=1S/C25H25Cl2N3O3S/c1-17-7-8-19(15-18(17)2)28-34(32,33)20-9-10-22(26)21(16-20)25(31)30-13-11-29(12-14-30)24-6-4-3-5-23(24)27/h3-10,15-16,28H,11-14H2,1-2H3. The number of piperazine rings is 1. The first-order valence-electron chi connectivity index (χ1n) is 10.8. The summed E-state index contributed by atoms with van der Waals surface area (Å²) >= 11 is 12.6. The van der Waals surface area contributed by atoms with Gasteiger partial charge in [0.05, 0.1) is 26.2 Å². The quantitative estimate of drug-likeness (QED) is 0.493. The number of carbonyl (C=O) groups excluding carboxylic acids is 1. The van der Waals surface area contributed by atoms with Gasteiger partial charge in [-0.1, -0.05) is 41.4 Å². The van der Waals surface area contributed by atoms with Gasteiger partial charge in [0.25, 0.3) is 15.9 Å². The highest BCUT2D eigenvalue weighted by Gasteiger charge is 2.26. The molecule has 0 spiro atoms. The van der Waals surface area contributed by atoms with Gasteiger partial charge in [-0.2, -0.15) is 0 Å². The number of anilines is 2. The Morgan fingerprint density at radius 1 is 0.853 bits per heavy atom. The maximum Gasteiger partial charge on any atom is 0.261 e. The highest BCUT2D eigenvalue weighted by atomic mass is 35.5. The predicted molar refractivity (Wildman–Crippen MR) is 138 cm³/mol.